The zero-order valence-corrected chi connectivity index (χ0v) is 20.3. The number of hydrogen-bond acceptors (Lipinski definition) is 6. The molecule has 36 heavy (non-hydrogen) atoms. The molecule has 0 saturated heterocycles. The van der Waals surface area contributed by atoms with Crippen LogP contribution in [0.25, 0.3) is 21.8 Å². The highest BCUT2D eigenvalue weighted by atomic mass is 35.5. The molecule has 1 aliphatic heterocycles. The number of aromatic amines is 1. The highest BCUT2D eigenvalue weighted by Gasteiger charge is 2.15. The summed E-state index contributed by atoms with van der Waals surface area (Å²) in [5.74, 6) is 1.19. The number of ether oxygens (including phenoxy) is 2. The van der Waals surface area contributed by atoms with Crippen molar-refractivity contribution < 1.29 is 19.4 Å². The molecule has 2 heterocycles. The van der Waals surface area contributed by atoms with Gasteiger partial charge in [0.05, 0.1) is 16.3 Å². The normalized spacial score (nSPS) is 14.5. The van der Waals surface area contributed by atoms with Gasteiger partial charge in [0.15, 0.2) is 0 Å². The van der Waals surface area contributed by atoms with E-state index in [0.29, 0.717) is 49.1 Å². The van der Waals surface area contributed by atoms with E-state index in [-0.39, 0.29) is 12.5 Å². The number of benzene rings is 3. The van der Waals surface area contributed by atoms with Crippen LogP contribution in [0.15, 0.2) is 65.8 Å². The molecule has 0 spiro atoms. The number of para-hydroxylation sites is 1. The van der Waals surface area contributed by atoms with Gasteiger partial charge in [0, 0.05) is 48.3 Å². The number of hydrazone groups is 1. The third-order valence-corrected chi connectivity index (χ3v) is 6.30. The summed E-state index contributed by atoms with van der Waals surface area (Å²) >= 11 is 6.35. The van der Waals surface area contributed by atoms with E-state index < -0.39 is 6.10 Å². The van der Waals surface area contributed by atoms with E-state index >= 15 is 0 Å². The second-order valence-corrected chi connectivity index (χ2v) is 9.04. The number of carbonyl (C=O) groups excluding carboxylic acids is 1. The average Bonchev–Trinajstić information content (AvgIpc) is 3.26. The van der Waals surface area contributed by atoms with Crippen LogP contribution in [-0.2, 0) is 4.79 Å². The molecule has 0 unspecified atom stereocenters. The number of aliphatic hydroxyl groups is 1. The summed E-state index contributed by atoms with van der Waals surface area (Å²) in [4.78, 5) is 14.6. The Balaban J connectivity index is 1.04. The molecule has 0 radical (unpaired) electrons. The first-order valence-electron chi connectivity index (χ1n) is 11.9. The number of rotatable bonds is 10. The Hall–Kier alpha value is -3.59. The molecular weight excluding hydrogens is 480 g/mol. The van der Waals surface area contributed by atoms with Gasteiger partial charge in [-0.15, -0.1) is 0 Å². The first-order chi connectivity index (χ1) is 17.6. The molecule has 0 fully saturated rings. The Labute approximate surface area is 213 Å². The summed E-state index contributed by atoms with van der Waals surface area (Å²) in [5, 5.41) is 20.3. The van der Waals surface area contributed by atoms with Crippen molar-refractivity contribution in [3.8, 4) is 11.5 Å². The number of aliphatic hydroxyl groups excluding tert-OH is 1. The molecule has 9 heteroatoms. The van der Waals surface area contributed by atoms with Crippen LogP contribution in [0.1, 0.15) is 18.4 Å². The van der Waals surface area contributed by atoms with Gasteiger partial charge < -0.3 is 24.9 Å². The third-order valence-electron chi connectivity index (χ3n) is 6.01. The summed E-state index contributed by atoms with van der Waals surface area (Å²) in [7, 11) is 0. The molecule has 3 aromatic carbocycles. The second kappa shape index (κ2) is 11.0. The number of H-pyrrole nitrogens is 1. The van der Waals surface area contributed by atoms with Crippen molar-refractivity contribution in [3.63, 3.8) is 0 Å². The maximum absolute atomic E-state index is 11.3. The Bertz CT molecular complexity index is 1420. The molecule has 4 aromatic rings. The van der Waals surface area contributed by atoms with E-state index in [4.69, 9.17) is 21.1 Å². The van der Waals surface area contributed by atoms with Crippen molar-refractivity contribution in [1.82, 2.24) is 15.7 Å². The van der Waals surface area contributed by atoms with Gasteiger partial charge in [-0.05, 0) is 42.0 Å². The molecule has 0 bridgehead atoms. The number of amides is 1. The summed E-state index contributed by atoms with van der Waals surface area (Å²) in [6.45, 7) is 1.48. The molecule has 186 valence electrons. The average molecular weight is 507 g/mol. The Morgan fingerprint density at radius 2 is 1.89 bits per heavy atom. The van der Waals surface area contributed by atoms with E-state index in [0.717, 1.165) is 27.7 Å². The first kappa shape index (κ1) is 24.1. The number of fused-ring (bicyclic) bond motifs is 3. The zero-order chi connectivity index (χ0) is 24.9. The lowest BCUT2D eigenvalue weighted by Crippen LogP contribution is -2.33. The molecule has 5 rings (SSSR count). The summed E-state index contributed by atoms with van der Waals surface area (Å²) in [6.07, 6.45) is 0.329. The molecule has 1 amide bonds. The van der Waals surface area contributed by atoms with Crippen LogP contribution in [-0.4, -0.2) is 54.1 Å². The summed E-state index contributed by atoms with van der Waals surface area (Å²) in [6, 6.07) is 19.5. The molecule has 4 N–H and O–H groups in total. The minimum Gasteiger partial charge on any atom is -0.491 e. The molecule has 8 nitrogen and oxygen atoms in total. The van der Waals surface area contributed by atoms with Crippen LogP contribution in [0, 0.1) is 0 Å². The van der Waals surface area contributed by atoms with Crippen molar-refractivity contribution >= 4 is 45.0 Å². The second-order valence-electron chi connectivity index (χ2n) is 8.63. The van der Waals surface area contributed by atoms with Crippen LogP contribution in [0.2, 0.25) is 5.02 Å². The van der Waals surface area contributed by atoms with E-state index in [1.54, 1.807) is 12.1 Å². The topological polar surface area (TPSA) is 108 Å². The molecule has 0 aliphatic carbocycles. The van der Waals surface area contributed by atoms with E-state index in [1.165, 1.54) is 5.39 Å². The molecule has 0 saturated carbocycles. The monoisotopic (exact) mass is 506 g/mol. The minimum absolute atomic E-state index is 0.0826. The number of carbonyl (C=O) groups is 1. The van der Waals surface area contributed by atoms with Crippen molar-refractivity contribution in [2.75, 3.05) is 26.3 Å². The molecule has 1 atom stereocenters. The molecule has 1 aromatic heterocycles. The van der Waals surface area contributed by atoms with Crippen molar-refractivity contribution in [3.05, 3.63) is 71.2 Å². The number of nitrogens with one attached hydrogen (secondary N) is 3. The van der Waals surface area contributed by atoms with Gasteiger partial charge in [-0.2, -0.15) is 5.10 Å². The van der Waals surface area contributed by atoms with Crippen LogP contribution in [0.3, 0.4) is 0 Å². The fraction of sp³-hybridized carbons (Fsp3) is 0.259. The smallest absolute Gasteiger partial charge is 0.240 e. The maximum atomic E-state index is 11.3. The van der Waals surface area contributed by atoms with Gasteiger partial charge in [-0.1, -0.05) is 29.8 Å². The molecular formula is C27H27ClN4O4. The van der Waals surface area contributed by atoms with E-state index in [2.05, 4.69) is 26.9 Å². The van der Waals surface area contributed by atoms with Crippen LogP contribution >= 0.6 is 11.6 Å². The lowest BCUT2D eigenvalue weighted by Gasteiger charge is -2.15. The SMILES string of the molecule is O=C1CCC(c2ccc(OCCNC[C@H](O)COc3ccc4c(c3)[nH]c3ccccc34)c(Cl)c2)=NN1. The van der Waals surface area contributed by atoms with Crippen LogP contribution in [0.5, 0.6) is 11.5 Å². The Kier molecular flexibility index (Phi) is 7.36. The minimum atomic E-state index is -0.664. The van der Waals surface area contributed by atoms with Gasteiger partial charge in [0.25, 0.3) is 0 Å². The first-order valence-corrected chi connectivity index (χ1v) is 12.2. The van der Waals surface area contributed by atoms with Crippen LogP contribution < -0.4 is 20.2 Å². The third kappa shape index (κ3) is 5.62. The number of hydrogen-bond donors (Lipinski definition) is 4. The zero-order valence-electron chi connectivity index (χ0n) is 19.6. The van der Waals surface area contributed by atoms with Gasteiger partial charge in [-0.3, -0.25) is 4.79 Å². The van der Waals surface area contributed by atoms with Gasteiger partial charge >= 0.3 is 0 Å². The predicted octanol–water partition coefficient (Wildman–Crippen LogP) is 4.00. The van der Waals surface area contributed by atoms with Gasteiger partial charge in [-0.25, -0.2) is 5.43 Å². The fourth-order valence-corrected chi connectivity index (χ4v) is 4.39. The van der Waals surface area contributed by atoms with Gasteiger partial charge in [0.2, 0.25) is 5.91 Å². The summed E-state index contributed by atoms with van der Waals surface area (Å²) in [5.41, 5.74) is 6.23. The van der Waals surface area contributed by atoms with Crippen molar-refractivity contribution in [1.29, 1.82) is 0 Å². The lowest BCUT2D eigenvalue weighted by molar-refractivity contribution is -0.121. The predicted molar refractivity (Wildman–Crippen MR) is 141 cm³/mol. The van der Waals surface area contributed by atoms with E-state index in [1.807, 2.05) is 42.5 Å². The van der Waals surface area contributed by atoms with E-state index in [9.17, 15) is 9.90 Å². The van der Waals surface area contributed by atoms with Crippen molar-refractivity contribution in [2.45, 2.75) is 18.9 Å². The van der Waals surface area contributed by atoms with Crippen molar-refractivity contribution in [2.24, 2.45) is 5.10 Å². The largest absolute Gasteiger partial charge is 0.491 e. The Morgan fingerprint density at radius 1 is 1.03 bits per heavy atom. The Morgan fingerprint density at radius 3 is 2.72 bits per heavy atom. The summed E-state index contributed by atoms with van der Waals surface area (Å²) < 4.78 is 11.5. The quantitative estimate of drug-likeness (QED) is 0.243. The fourth-order valence-electron chi connectivity index (χ4n) is 4.16. The highest BCUT2D eigenvalue weighted by Crippen LogP contribution is 2.28. The number of aromatic nitrogens is 1. The standard InChI is InChI=1S/C27H27ClN4O4/c28-22-13-17(23-8-10-27(34)32-31-23)5-9-26(22)35-12-11-29-15-18(33)16-36-19-6-7-21-20-3-1-2-4-24(20)30-25(21)14-19/h1-7,9,13-14,18,29-30,33H,8,10-12,15-16H2,(H,32,34)/t18-/m0/s1. The molecule has 1 aliphatic rings. The number of halogens is 1. The van der Waals surface area contributed by atoms with Crippen LogP contribution in [0.4, 0.5) is 0 Å². The van der Waals surface area contributed by atoms with Gasteiger partial charge in [0.1, 0.15) is 30.8 Å². The number of nitrogens with zero attached hydrogens (tertiary/aromatic N) is 1. The lowest BCUT2D eigenvalue weighted by atomic mass is 10.0. The highest BCUT2D eigenvalue weighted by molar-refractivity contribution is 6.32. The maximum Gasteiger partial charge on any atom is 0.240 e.